The van der Waals surface area contributed by atoms with Crippen LogP contribution < -0.4 is 5.32 Å². The highest BCUT2D eigenvalue weighted by atomic mass is 35.5. The molecule has 33 heavy (non-hydrogen) atoms. The highest BCUT2D eigenvalue weighted by Crippen LogP contribution is 2.36. The number of amides is 1. The number of rotatable bonds is 4. The van der Waals surface area contributed by atoms with Crippen LogP contribution in [0, 0.1) is 0 Å². The Labute approximate surface area is 190 Å². The molecule has 0 saturated heterocycles. The van der Waals surface area contributed by atoms with Crippen molar-refractivity contribution in [2.24, 2.45) is 0 Å². The molecule has 2 aromatic carbocycles. The minimum atomic E-state index is -4.73. The standard InChI is InChI=1S/C21H18ClF6NO3S/c22-18-9-4-12(10-17(18)21(26,27)28)19(30)29-14-5-7-15(8-6-14)33(31,32)16-3-1-2-13(11-16)20(23,24)25/h1-4,9-11,14-15H,5-8H2,(H,29,30)/t14-,15+. The van der Waals surface area contributed by atoms with E-state index in [1.807, 2.05) is 0 Å². The van der Waals surface area contributed by atoms with Gasteiger partial charge in [-0.3, -0.25) is 4.79 Å². The molecule has 2 aromatic rings. The fourth-order valence-electron chi connectivity index (χ4n) is 3.71. The minimum Gasteiger partial charge on any atom is -0.349 e. The summed E-state index contributed by atoms with van der Waals surface area (Å²) in [5.41, 5.74) is -2.45. The van der Waals surface area contributed by atoms with E-state index in [1.165, 1.54) is 0 Å². The lowest BCUT2D eigenvalue weighted by molar-refractivity contribution is -0.138. The first kappa shape index (κ1) is 25.4. The second-order valence-corrected chi connectivity index (χ2v) is 10.3. The summed E-state index contributed by atoms with van der Waals surface area (Å²) >= 11 is 5.55. The molecule has 0 spiro atoms. The summed E-state index contributed by atoms with van der Waals surface area (Å²) in [5.74, 6) is -0.763. The van der Waals surface area contributed by atoms with E-state index < -0.39 is 60.4 Å². The van der Waals surface area contributed by atoms with Crippen molar-refractivity contribution in [1.82, 2.24) is 5.32 Å². The lowest BCUT2D eigenvalue weighted by Crippen LogP contribution is -2.40. The van der Waals surface area contributed by atoms with Crippen molar-refractivity contribution in [2.75, 3.05) is 0 Å². The number of hydrogen-bond acceptors (Lipinski definition) is 3. The molecule has 0 bridgehead atoms. The van der Waals surface area contributed by atoms with E-state index in [1.54, 1.807) is 0 Å². The molecule has 0 aliphatic heterocycles. The van der Waals surface area contributed by atoms with Gasteiger partial charge in [-0.1, -0.05) is 17.7 Å². The third-order valence-electron chi connectivity index (χ3n) is 5.47. The SMILES string of the molecule is O=C(N[C@H]1CC[C@@H](S(=O)(=O)c2cccc(C(F)(F)F)c2)CC1)c1ccc(Cl)c(C(F)(F)F)c1. The van der Waals surface area contributed by atoms with Crippen molar-refractivity contribution in [3.05, 3.63) is 64.2 Å². The smallest absolute Gasteiger partial charge is 0.349 e. The average molecular weight is 514 g/mol. The van der Waals surface area contributed by atoms with Gasteiger partial charge in [0.15, 0.2) is 9.84 Å². The summed E-state index contributed by atoms with van der Waals surface area (Å²) in [6, 6.07) is 5.79. The zero-order valence-electron chi connectivity index (χ0n) is 16.8. The summed E-state index contributed by atoms with van der Waals surface area (Å²) < 4.78 is 103. The van der Waals surface area contributed by atoms with Gasteiger partial charge in [-0.15, -0.1) is 0 Å². The predicted molar refractivity (Wildman–Crippen MR) is 109 cm³/mol. The highest BCUT2D eigenvalue weighted by molar-refractivity contribution is 7.92. The highest BCUT2D eigenvalue weighted by Gasteiger charge is 2.36. The van der Waals surface area contributed by atoms with Crippen molar-refractivity contribution in [3.63, 3.8) is 0 Å². The molecule has 4 nitrogen and oxygen atoms in total. The first-order valence-electron chi connectivity index (χ1n) is 9.78. The Balaban J connectivity index is 1.66. The number of hydrogen-bond donors (Lipinski definition) is 1. The Morgan fingerprint density at radius 2 is 1.55 bits per heavy atom. The van der Waals surface area contributed by atoms with Crippen LogP contribution >= 0.6 is 11.6 Å². The molecular weight excluding hydrogens is 496 g/mol. The first-order valence-corrected chi connectivity index (χ1v) is 11.7. The molecule has 0 unspecified atom stereocenters. The van der Waals surface area contributed by atoms with Crippen LogP contribution in [0.25, 0.3) is 0 Å². The lowest BCUT2D eigenvalue weighted by Gasteiger charge is -2.29. The Morgan fingerprint density at radius 3 is 2.12 bits per heavy atom. The normalized spacial score (nSPS) is 19.8. The Kier molecular flexibility index (Phi) is 7.05. The molecule has 1 amide bonds. The van der Waals surface area contributed by atoms with Crippen molar-refractivity contribution in [1.29, 1.82) is 0 Å². The van der Waals surface area contributed by atoms with Crippen molar-refractivity contribution >= 4 is 27.3 Å². The van der Waals surface area contributed by atoms with Crippen molar-refractivity contribution in [3.8, 4) is 0 Å². The molecule has 1 aliphatic rings. The second kappa shape index (κ2) is 9.17. The maximum Gasteiger partial charge on any atom is 0.417 e. The number of carbonyl (C=O) groups is 1. The van der Waals surface area contributed by atoms with Crippen LogP contribution in [0.15, 0.2) is 47.4 Å². The number of halogens is 7. The van der Waals surface area contributed by atoms with Gasteiger partial charge in [0.05, 0.1) is 26.3 Å². The van der Waals surface area contributed by atoms with E-state index in [9.17, 15) is 39.6 Å². The molecule has 1 aliphatic carbocycles. The Hall–Kier alpha value is -2.27. The van der Waals surface area contributed by atoms with Crippen molar-refractivity contribution < 1.29 is 39.6 Å². The van der Waals surface area contributed by atoms with E-state index >= 15 is 0 Å². The molecule has 0 heterocycles. The summed E-state index contributed by atoms with van der Waals surface area (Å²) in [6.07, 6.45) is -8.84. The van der Waals surface area contributed by atoms with Gasteiger partial charge in [-0.25, -0.2) is 8.42 Å². The monoisotopic (exact) mass is 513 g/mol. The number of nitrogens with one attached hydrogen (secondary N) is 1. The summed E-state index contributed by atoms with van der Waals surface area (Å²) in [5, 5.41) is 1.11. The van der Waals surface area contributed by atoms with Crippen LogP contribution in [0.3, 0.4) is 0 Å². The number of alkyl halides is 6. The molecule has 1 saturated carbocycles. The second-order valence-electron chi connectivity index (χ2n) is 7.71. The molecule has 12 heteroatoms. The van der Waals surface area contributed by atoms with Gasteiger partial charge in [-0.05, 0) is 62.1 Å². The van der Waals surface area contributed by atoms with Crippen LogP contribution in [0.5, 0.6) is 0 Å². The Morgan fingerprint density at radius 1 is 0.909 bits per heavy atom. The van der Waals surface area contributed by atoms with Gasteiger partial charge in [0.1, 0.15) is 0 Å². The van der Waals surface area contributed by atoms with Gasteiger partial charge >= 0.3 is 12.4 Å². The number of sulfone groups is 1. The molecular formula is C21H18ClF6NO3S. The molecule has 0 aromatic heterocycles. The van der Waals surface area contributed by atoms with Crippen LogP contribution in [0.1, 0.15) is 47.2 Å². The molecule has 0 atom stereocenters. The van der Waals surface area contributed by atoms with E-state index in [2.05, 4.69) is 5.32 Å². The molecule has 0 radical (unpaired) electrons. The fraction of sp³-hybridized carbons (Fsp3) is 0.381. The summed E-state index contributed by atoms with van der Waals surface area (Å²) in [7, 11) is -4.03. The predicted octanol–water partition coefficient (Wildman–Crippen LogP) is 5.89. The Bertz CT molecular complexity index is 1140. The van der Waals surface area contributed by atoms with Crippen LogP contribution in [-0.2, 0) is 22.2 Å². The molecule has 3 rings (SSSR count). The van der Waals surface area contributed by atoms with E-state index in [4.69, 9.17) is 11.6 Å². The fourth-order valence-corrected chi connectivity index (χ4v) is 5.77. The van der Waals surface area contributed by atoms with E-state index in [-0.39, 0.29) is 31.2 Å². The van der Waals surface area contributed by atoms with Gasteiger partial charge < -0.3 is 5.32 Å². The topological polar surface area (TPSA) is 63.2 Å². The van der Waals surface area contributed by atoms with Gasteiger partial charge in [-0.2, -0.15) is 26.3 Å². The molecule has 1 fully saturated rings. The van der Waals surface area contributed by atoms with Gasteiger partial charge in [0, 0.05) is 11.6 Å². The third-order valence-corrected chi connectivity index (χ3v) is 8.06. The quantitative estimate of drug-likeness (QED) is 0.518. The largest absolute Gasteiger partial charge is 0.417 e. The minimum absolute atomic E-state index is 0.0813. The van der Waals surface area contributed by atoms with E-state index in [0.717, 1.165) is 30.3 Å². The van der Waals surface area contributed by atoms with Crippen LogP contribution in [0.4, 0.5) is 26.3 Å². The summed E-state index contributed by atoms with van der Waals surface area (Å²) in [6.45, 7) is 0. The zero-order valence-corrected chi connectivity index (χ0v) is 18.4. The number of carbonyl (C=O) groups excluding carboxylic acids is 1. The van der Waals surface area contributed by atoms with Crippen LogP contribution in [-0.4, -0.2) is 25.6 Å². The van der Waals surface area contributed by atoms with Gasteiger partial charge in [0.2, 0.25) is 0 Å². The molecule has 180 valence electrons. The first-order chi connectivity index (χ1) is 15.2. The van der Waals surface area contributed by atoms with E-state index in [0.29, 0.717) is 12.1 Å². The average Bonchev–Trinajstić information content (AvgIpc) is 2.73. The molecule has 1 N–H and O–H groups in total. The van der Waals surface area contributed by atoms with Crippen LogP contribution in [0.2, 0.25) is 5.02 Å². The lowest BCUT2D eigenvalue weighted by atomic mass is 9.94. The third kappa shape index (κ3) is 5.81. The van der Waals surface area contributed by atoms with Gasteiger partial charge in [0.25, 0.3) is 5.91 Å². The number of benzene rings is 2. The maximum atomic E-state index is 13.0. The van der Waals surface area contributed by atoms with Crippen molar-refractivity contribution in [2.45, 2.75) is 54.2 Å². The maximum absolute atomic E-state index is 13.0. The zero-order chi connectivity index (χ0) is 24.6. The summed E-state index contributed by atoms with van der Waals surface area (Å²) in [4.78, 5) is 12.0.